The summed E-state index contributed by atoms with van der Waals surface area (Å²) >= 11 is 0. The van der Waals surface area contributed by atoms with Gasteiger partial charge in [-0.25, -0.2) is 0 Å². The highest BCUT2D eigenvalue weighted by Gasteiger charge is 2.34. The summed E-state index contributed by atoms with van der Waals surface area (Å²) < 4.78 is 0. The third-order valence-electron chi connectivity index (χ3n) is 3.44. The fourth-order valence-electron chi connectivity index (χ4n) is 2.22. The maximum Gasteiger partial charge on any atom is 0.261 e. The molecule has 1 aliphatic rings. The van der Waals surface area contributed by atoms with Gasteiger partial charge in [-0.1, -0.05) is 32.9 Å². The highest BCUT2D eigenvalue weighted by Crippen LogP contribution is 2.21. The van der Waals surface area contributed by atoms with E-state index < -0.39 is 0 Å². The Kier molecular flexibility index (Phi) is 4.23. The van der Waals surface area contributed by atoms with Crippen LogP contribution in [0.3, 0.4) is 0 Å². The zero-order chi connectivity index (χ0) is 14.8. The van der Waals surface area contributed by atoms with Gasteiger partial charge in [-0.15, -0.1) is 0 Å². The van der Waals surface area contributed by atoms with Gasteiger partial charge in [0, 0.05) is 13.1 Å². The Morgan fingerprint density at radius 1 is 1.00 bits per heavy atom. The first-order valence-corrected chi connectivity index (χ1v) is 7.06. The lowest BCUT2D eigenvalue weighted by atomic mass is 9.92. The fraction of sp³-hybridized carbons (Fsp3) is 0.500. The second-order valence-electron chi connectivity index (χ2n) is 6.37. The molecule has 0 bridgehead atoms. The number of carbonyl (C=O) groups excluding carboxylic acids is 2. The number of benzene rings is 1. The largest absolute Gasteiger partial charge is 0.315 e. The number of fused-ring (bicyclic) bond motifs is 1. The first-order chi connectivity index (χ1) is 9.40. The van der Waals surface area contributed by atoms with Crippen LogP contribution in [0, 0.1) is 5.41 Å². The molecule has 108 valence electrons. The second kappa shape index (κ2) is 5.75. The zero-order valence-corrected chi connectivity index (χ0v) is 12.4. The number of carbonyl (C=O) groups is 2. The van der Waals surface area contributed by atoms with Crippen molar-refractivity contribution >= 4 is 11.8 Å². The molecule has 2 amide bonds. The molecule has 0 saturated carbocycles. The molecule has 0 aliphatic carbocycles. The maximum atomic E-state index is 12.1. The van der Waals surface area contributed by atoms with Crippen LogP contribution in [0.4, 0.5) is 0 Å². The average molecular weight is 274 g/mol. The fourth-order valence-corrected chi connectivity index (χ4v) is 2.22. The van der Waals surface area contributed by atoms with E-state index in [1.807, 2.05) is 0 Å². The summed E-state index contributed by atoms with van der Waals surface area (Å²) in [6.45, 7) is 8.54. The number of amides is 2. The van der Waals surface area contributed by atoms with Gasteiger partial charge in [-0.3, -0.25) is 14.5 Å². The summed E-state index contributed by atoms with van der Waals surface area (Å²) in [5, 5.41) is 3.29. The normalized spacial score (nSPS) is 14.8. The van der Waals surface area contributed by atoms with E-state index in [9.17, 15) is 9.59 Å². The minimum Gasteiger partial charge on any atom is -0.315 e. The molecule has 0 saturated heterocycles. The summed E-state index contributed by atoms with van der Waals surface area (Å²) in [6, 6.07) is 7.00. The predicted octanol–water partition coefficient (Wildman–Crippen LogP) is 2.31. The lowest BCUT2D eigenvalue weighted by molar-refractivity contribution is 0.0655. The van der Waals surface area contributed by atoms with Crippen LogP contribution in [0.5, 0.6) is 0 Å². The molecule has 0 aromatic heterocycles. The minimum absolute atomic E-state index is 0.178. The smallest absolute Gasteiger partial charge is 0.261 e. The summed E-state index contributed by atoms with van der Waals surface area (Å²) in [4.78, 5) is 25.5. The van der Waals surface area contributed by atoms with Crippen molar-refractivity contribution in [3.63, 3.8) is 0 Å². The van der Waals surface area contributed by atoms with Crippen LogP contribution in [0.2, 0.25) is 0 Å². The molecule has 0 fully saturated rings. The monoisotopic (exact) mass is 274 g/mol. The molecule has 4 heteroatoms. The van der Waals surface area contributed by atoms with Gasteiger partial charge in [0.2, 0.25) is 0 Å². The standard InChI is InChI=1S/C16H22N2O2/c1-16(2,3)8-9-17-10-11-18-14(19)12-6-4-5-7-13(12)15(18)20/h4-7,17H,8-11H2,1-3H3. The number of nitrogens with one attached hydrogen (secondary N) is 1. The van der Waals surface area contributed by atoms with Gasteiger partial charge in [0.15, 0.2) is 0 Å². The zero-order valence-electron chi connectivity index (χ0n) is 12.4. The Morgan fingerprint density at radius 2 is 1.55 bits per heavy atom. The van der Waals surface area contributed by atoms with Crippen LogP contribution >= 0.6 is 0 Å². The molecule has 1 aromatic carbocycles. The molecule has 0 spiro atoms. The Bertz CT molecular complexity index is 482. The average Bonchev–Trinajstić information content (AvgIpc) is 2.62. The molecule has 20 heavy (non-hydrogen) atoms. The Balaban J connectivity index is 1.84. The molecular weight excluding hydrogens is 252 g/mol. The molecule has 1 aliphatic heterocycles. The van der Waals surface area contributed by atoms with Crippen molar-refractivity contribution in [2.45, 2.75) is 27.2 Å². The van der Waals surface area contributed by atoms with Crippen LogP contribution in [0.25, 0.3) is 0 Å². The maximum absolute atomic E-state index is 12.1. The van der Waals surface area contributed by atoms with Crippen LogP contribution in [-0.2, 0) is 0 Å². The van der Waals surface area contributed by atoms with Gasteiger partial charge in [0.1, 0.15) is 0 Å². The van der Waals surface area contributed by atoms with Crippen LogP contribution in [0.1, 0.15) is 47.9 Å². The summed E-state index contributed by atoms with van der Waals surface area (Å²) in [5.74, 6) is -0.355. The topological polar surface area (TPSA) is 49.4 Å². The van der Waals surface area contributed by atoms with Crippen molar-refractivity contribution in [3.05, 3.63) is 35.4 Å². The molecule has 1 aromatic rings. The van der Waals surface area contributed by atoms with Gasteiger partial charge < -0.3 is 5.32 Å². The van der Waals surface area contributed by atoms with Gasteiger partial charge >= 0.3 is 0 Å². The van der Waals surface area contributed by atoms with Crippen molar-refractivity contribution in [1.29, 1.82) is 0 Å². The van der Waals surface area contributed by atoms with Crippen molar-refractivity contribution in [2.75, 3.05) is 19.6 Å². The molecule has 2 rings (SSSR count). The molecule has 0 atom stereocenters. The van der Waals surface area contributed by atoms with E-state index in [1.54, 1.807) is 24.3 Å². The second-order valence-corrected chi connectivity index (χ2v) is 6.37. The van der Waals surface area contributed by atoms with Gasteiger partial charge in [-0.2, -0.15) is 0 Å². The van der Waals surface area contributed by atoms with Crippen molar-refractivity contribution in [3.8, 4) is 0 Å². The van der Waals surface area contributed by atoms with E-state index in [4.69, 9.17) is 0 Å². The lowest BCUT2D eigenvalue weighted by Gasteiger charge is -2.19. The first kappa shape index (κ1) is 14.7. The highest BCUT2D eigenvalue weighted by molar-refractivity contribution is 6.21. The quantitative estimate of drug-likeness (QED) is 0.662. The van der Waals surface area contributed by atoms with Crippen molar-refractivity contribution in [1.82, 2.24) is 10.2 Å². The summed E-state index contributed by atoms with van der Waals surface area (Å²) in [6.07, 6.45) is 1.06. The van der Waals surface area contributed by atoms with Crippen molar-refractivity contribution < 1.29 is 9.59 Å². The van der Waals surface area contributed by atoms with E-state index in [0.29, 0.717) is 29.6 Å². The van der Waals surface area contributed by atoms with Crippen molar-refractivity contribution in [2.24, 2.45) is 5.41 Å². The van der Waals surface area contributed by atoms with E-state index >= 15 is 0 Å². The van der Waals surface area contributed by atoms with Gasteiger partial charge in [-0.05, 0) is 30.5 Å². The molecular formula is C16H22N2O2. The lowest BCUT2D eigenvalue weighted by Crippen LogP contribution is -2.36. The predicted molar refractivity (Wildman–Crippen MR) is 78.8 cm³/mol. The molecule has 1 heterocycles. The van der Waals surface area contributed by atoms with E-state index in [1.165, 1.54) is 4.90 Å². The van der Waals surface area contributed by atoms with Crippen LogP contribution < -0.4 is 5.32 Å². The Hall–Kier alpha value is -1.68. The van der Waals surface area contributed by atoms with E-state index in [2.05, 4.69) is 26.1 Å². The number of hydrogen-bond acceptors (Lipinski definition) is 3. The van der Waals surface area contributed by atoms with E-state index in [0.717, 1.165) is 13.0 Å². The van der Waals surface area contributed by atoms with Gasteiger partial charge in [0.25, 0.3) is 11.8 Å². The highest BCUT2D eigenvalue weighted by atomic mass is 16.2. The van der Waals surface area contributed by atoms with E-state index in [-0.39, 0.29) is 11.8 Å². The van der Waals surface area contributed by atoms with Crippen LogP contribution in [0.15, 0.2) is 24.3 Å². The van der Waals surface area contributed by atoms with Gasteiger partial charge in [0.05, 0.1) is 11.1 Å². The molecule has 4 nitrogen and oxygen atoms in total. The summed E-state index contributed by atoms with van der Waals surface area (Å²) in [7, 11) is 0. The number of nitrogens with zero attached hydrogens (tertiary/aromatic N) is 1. The third-order valence-corrected chi connectivity index (χ3v) is 3.44. The minimum atomic E-state index is -0.178. The number of imide groups is 1. The molecule has 0 radical (unpaired) electrons. The third kappa shape index (κ3) is 3.25. The summed E-state index contributed by atoms with van der Waals surface area (Å²) in [5.41, 5.74) is 1.34. The Labute approximate surface area is 120 Å². The Morgan fingerprint density at radius 3 is 2.05 bits per heavy atom. The SMILES string of the molecule is CC(C)(C)CCNCCN1C(=O)c2ccccc2C1=O. The number of hydrogen-bond donors (Lipinski definition) is 1. The van der Waals surface area contributed by atoms with Crippen LogP contribution in [-0.4, -0.2) is 36.3 Å². The first-order valence-electron chi connectivity index (χ1n) is 7.06. The number of rotatable bonds is 5. The molecule has 0 unspecified atom stereocenters. The molecule has 1 N–H and O–H groups in total.